The third kappa shape index (κ3) is 2.89. The number of rotatable bonds is 4. The summed E-state index contributed by atoms with van der Waals surface area (Å²) in [5, 5.41) is 5.23. The van der Waals surface area contributed by atoms with Gasteiger partial charge in [-0.2, -0.15) is 13.2 Å². The van der Waals surface area contributed by atoms with Gasteiger partial charge in [0.05, 0.1) is 6.54 Å². The van der Waals surface area contributed by atoms with Crippen LogP contribution in [0.4, 0.5) is 13.2 Å². The van der Waals surface area contributed by atoms with Gasteiger partial charge in [0.1, 0.15) is 0 Å². The highest BCUT2D eigenvalue weighted by atomic mass is 19.4. The minimum absolute atomic E-state index is 0.121. The van der Waals surface area contributed by atoms with Gasteiger partial charge in [-0.05, 0) is 25.8 Å². The summed E-state index contributed by atoms with van der Waals surface area (Å²) >= 11 is 0. The van der Waals surface area contributed by atoms with Gasteiger partial charge >= 0.3 is 6.18 Å². The van der Waals surface area contributed by atoms with Gasteiger partial charge in [0.25, 0.3) is 0 Å². The molecular weight excluding hydrogens is 275 g/mol. The van der Waals surface area contributed by atoms with Crippen LogP contribution in [0.5, 0.6) is 0 Å². The third-order valence-electron chi connectivity index (χ3n) is 3.78. The fourth-order valence-corrected chi connectivity index (χ4v) is 2.39. The molecular formula is C12H18F3N3O2. The summed E-state index contributed by atoms with van der Waals surface area (Å²) in [5.74, 6) is -1.45. The SMILES string of the molecule is CN(CC(=O)NC1CC1)C(=O)C1(C(F)(F)F)CCNC1. The Morgan fingerprint density at radius 1 is 1.40 bits per heavy atom. The number of likely N-dealkylation sites (N-methyl/N-ethyl adjacent to an activating group) is 1. The van der Waals surface area contributed by atoms with E-state index in [1.165, 1.54) is 7.05 Å². The molecule has 0 spiro atoms. The summed E-state index contributed by atoms with van der Waals surface area (Å²) in [6.45, 7) is -0.621. The first-order chi connectivity index (χ1) is 9.26. The number of carbonyl (C=O) groups excluding carboxylic acids is 2. The molecule has 1 unspecified atom stereocenters. The van der Waals surface area contributed by atoms with Gasteiger partial charge in [-0.25, -0.2) is 0 Å². The van der Waals surface area contributed by atoms with Gasteiger partial charge in [0, 0.05) is 19.6 Å². The van der Waals surface area contributed by atoms with Crippen LogP contribution in [-0.4, -0.2) is 55.6 Å². The van der Waals surface area contributed by atoms with E-state index in [1.807, 2.05) is 0 Å². The Labute approximate surface area is 114 Å². The standard InChI is InChI=1S/C12H18F3N3O2/c1-18(6-9(19)17-8-2-3-8)10(20)11(12(13,14)15)4-5-16-7-11/h8,16H,2-7H2,1H3,(H,17,19). The Kier molecular flexibility index (Phi) is 3.95. The summed E-state index contributed by atoms with van der Waals surface area (Å²) in [4.78, 5) is 24.6. The first kappa shape index (κ1) is 15.1. The summed E-state index contributed by atoms with van der Waals surface area (Å²) in [6.07, 6.45) is -3.13. The number of amides is 2. The maximum absolute atomic E-state index is 13.2. The monoisotopic (exact) mass is 293 g/mol. The largest absolute Gasteiger partial charge is 0.404 e. The lowest BCUT2D eigenvalue weighted by atomic mass is 9.84. The molecule has 2 aliphatic rings. The molecule has 0 bridgehead atoms. The van der Waals surface area contributed by atoms with E-state index >= 15 is 0 Å². The summed E-state index contributed by atoms with van der Waals surface area (Å²) in [5.41, 5.74) is -2.40. The zero-order chi connectivity index (χ0) is 15.0. The van der Waals surface area contributed by atoms with Gasteiger partial charge in [-0.15, -0.1) is 0 Å². The van der Waals surface area contributed by atoms with Crippen LogP contribution in [-0.2, 0) is 9.59 Å². The average molecular weight is 293 g/mol. The van der Waals surface area contributed by atoms with Gasteiger partial charge in [-0.3, -0.25) is 9.59 Å². The van der Waals surface area contributed by atoms with E-state index in [4.69, 9.17) is 0 Å². The predicted octanol–water partition coefficient (Wildman–Crippen LogP) is 0.265. The molecule has 2 rings (SSSR count). The fourth-order valence-electron chi connectivity index (χ4n) is 2.39. The fraction of sp³-hybridized carbons (Fsp3) is 0.833. The van der Waals surface area contributed by atoms with Crippen LogP contribution >= 0.6 is 0 Å². The molecule has 5 nitrogen and oxygen atoms in total. The maximum atomic E-state index is 13.2. The molecule has 0 aromatic carbocycles. The molecule has 0 radical (unpaired) electrons. The van der Waals surface area contributed by atoms with Crippen LogP contribution in [0.2, 0.25) is 0 Å². The molecule has 1 heterocycles. The molecule has 0 aromatic rings. The van der Waals surface area contributed by atoms with Gasteiger partial charge in [0.15, 0.2) is 5.41 Å². The molecule has 1 saturated heterocycles. The molecule has 1 aliphatic heterocycles. The minimum atomic E-state index is -4.62. The Hall–Kier alpha value is -1.31. The number of halogens is 3. The van der Waals surface area contributed by atoms with Crippen molar-refractivity contribution in [2.24, 2.45) is 5.41 Å². The molecule has 1 atom stereocenters. The molecule has 1 saturated carbocycles. The van der Waals surface area contributed by atoms with E-state index in [-0.39, 0.29) is 25.6 Å². The zero-order valence-electron chi connectivity index (χ0n) is 11.2. The lowest BCUT2D eigenvalue weighted by molar-refractivity contribution is -0.221. The zero-order valence-corrected chi connectivity index (χ0v) is 11.2. The quantitative estimate of drug-likeness (QED) is 0.782. The second kappa shape index (κ2) is 5.23. The number of nitrogens with one attached hydrogen (secondary N) is 2. The Balaban J connectivity index is 2.01. The van der Waals surface area contributed by atoms with Gasteiger partial charge in [-0.1, -0.05) is 0 Å². The van der Waals surface area contributed by atoms with Crippen LogP contribution in [0.15, 0.2) is 0 Å². The van der Waals surface area contributed by atoms with Crippen LogP contribution in [0.25, 0.3) is 0 Å². The Morgan fingerprint density at radius 2 is 2.05 bits per heavy atom. The molecule has 2 fully saturated rings. The van der Waals surface area contributed by atoms with Crippen molar-refractivity contribution in [1.29, 1.82) is 0 Å². The van der Waals surface area contributed by atoms with Crippen molar-refractivity contribution in [3.05, 3.63) is 0 Å². The first-order valence-corrected chi connectivity index (χ1v) is 6.59. The van der Waals surface area contributed by atoms with Crippen molar-refractivity contribution in [2.45, 2.75) is 31.5 Å². The lowest BCUT2D eigenvalue weighted by Gasteiger charge is -2.33. The third-order valence-corrected chi connectivity index (χ3v) is 3.78. The van der Waals surface area contributed by atoms with E-state index in [0.29, 0.717) is 0 Å². The van der Waals surface area contributed by atoms with Gasteiger partial charge < -0.3 is 15.5 Å². The highest BCUT2D eigenvalue weighted by Crippen LogP contribution is 2.44. The number of hydrogen-bond donors (Lipinski definition) is 2. The summed E-state index contributed by atoms with van der Waals surface area (Å²) in [7, 11) is 1.24. The van der Waals surface area contributed by atoms with Crippen LogP contribution in [0, 0.1) is 5.41 Å². The van der Waals surface area contributed by atoms with E-state index in [9.17, 15) is 22.8 Å². The van der Waals surface area contributed by atoms with Crippen LogP contribution in [0.1, 0.15) is 19.3 Å². The predicted molar refractivity (Wildman–Crippen MR) is 64.8 cm³/mol. The number of carbonyl (C=O) groups is 2. The highest BCUT2D eigenvalue weighted by Gasteiger charge is 2.62. The van der Waals surface area contributed by atoms with Crippen molar-refractivity contribution < 1.29 is 22.8 Å². The van der Waals surface area contributed by atoms with Crippen LogP contribution < -0.4 is 10.6 Å². The molecule has 20 heavy (non-hydrogen) atoms. The minimum Gasteiger partial charge on any atom is -0.352 e. The molecule has 2 amide bonds. The number of alkyl halides is 3. The molecule has 0 aromatic heterocycles. The lowest BCUT2D eigenvalue weighted by Crippen LogP contribution is -2.54. The Morgan fingerprint density at radius 3 is 2.50 bits per heavy atom. The molecule has 1 aliphatic carbocycles. The topological polar surface area (TPSA) is 61.4 Å². The normalized spacial score (nSPS) is 26.4. The number of nitrogens with zero attached hydrogens (tertiary/aromatic N) is 1. The van der Waals surface area contributed by atoms with E-state index < -0.39 is 30.0 Å². The first-order valence-electron chi connectivity index (χ1n) is 6.59. The molecule has 114 valence electrons. The van der Waals surface area contributed by atoms with Crippen molar-refractivity contribution in [3.63, 3.8) is 0 Å². The van der Waals surface area contributed by atoms with Crippen molar-refractivity contribution >= 4 is 11.8 Å². The average Bonchev–Trinajstić information content (AvgIpc) is 2.99. The van der Waals surface area contributed by atoms with Gasteiger partial charge in [0.2, 0.25) is 11.8 Å². The summed E-state index contributed by atoms with van der Waals surface area (Å²) < 4.78 is 39.6. The number of hydrogen-bond acceptors (Lipinski definition) is 3. The highest BCUT2D eigenvalue weighted by molar-refractivity contribution is 5.89. The van der Waals surface area contributed by atoms with E-state index in [2.05, 4.69) is 10.6 Å². The smallest absolute Gasteiger partial charge is 0.352 e. The van der Waals surface area contributed by atoms with Crippen LogP contribution in [0.3, 0.4) is 0 Å². The maximum Gasteiger partial charge on any atom is 0.404 e. The summed E-state index contributed by atoms with van der Waals surface area (Å²) in [6, 6.07) is 0.121. The molecule has 2 N–H and O–H groups in total. The molecule has 8 heteroatoms. The van der Waals surface area contributed by atoms with Crippen molar-refractivity contribution in [3.8, 4) is 0 Å². The van der Waals surface area contributed by atoms with E-state index in [0.717, 1.165) is 17.7 Å². The van der Waals surface area contributed by atoms with E-state index in [1.54, 1.807) is 0 Å². The van der Waals surface area contributed by atoms with Crippen molar-refractivity contribution in [1.82, 2.24) is 15.5 Å². The Bertz CT molecular complexity index is 401. The van der Waals surface area contributed by atoms with Crippen molar-refractivity contribution in [2.75, 3.05) is 26.7 Å². The second-order valence-corrected chi connectivity index (χ2v) is 5.51. The second-order valence-electron chi connectivity index (χ2n) is 5.51.